The van der Waals surface area contributed by atoms with Crippen LogP contribution in [0.1, 0.15) is 44.8 Å². The molecule has 1 N–H and O–H groups in total. The van der Waals surface area contributed by atoms with Crippen LogP contribution in [-0.2, 0) is 6.54 Å². The Hall–Kier alpha value is -1.41. The lowest BCUT2D eigenvalue weighted by Gasteiger charge is -2.26. The Balaban J connectivity index is 2.54. The van der Waals surface area contributed by atoms with Crippen LogP contribution in [0.5, 0.6) is 0 Å². The number of nitrogens with zero attached hydrogens (tertiary/aromatic N) is 4. The van der Waals surface area contributed by atoms with Gasteiger partial charge < -0.3 is 0 Å². The molecule has 18 heavy (non-hydrogen) atoms. The van der Waals surface area contributed by atoms with E-state index in [0.717, 1.165) is 44.0 Å². The molecule has 1 atom stereocenters. The lowest BCUT2D eigenvalue weighted by atomic mass is 9.92. The van der Waals surface area contributed by atoms with Gasteiger partial charge in [-0.05, 0) is 39.7 Å². The summed E-state index contributed by atoms with van der Waals surface area (Å²) in [6.07, 6.45) is 2.59. The van der Waals surface area contributed by atoms with Gasteiger partial charge >= 0.3 is 0 Å². The minimum absolute atomic E-state index is 0.391. The maximum atomic E-state index is 9.32. The lowest BCUT2D eigenvalue weighted by Crippen LogP contribution is -2.43. The monoisotopic (exact) mass is 249 g/mol. The minimum atomic E-state index is -0.391. The summed E-state index contributed by atoms with van der Waals surface area (Å²) >= 11 is 0. The zero-order chi connectivity index (χ0) is 13.6. The number of aryl methyl sites for hydroxylation is 3. The molecule has 0 saturated carbocycles. The third kappa shape index (κ3) is 3.54. The Kier molecular flexibility index (Phi) is 5.29. The number of nitrogens with one attached hydrogen (secondary N) is 1. The van der Waals surface area contributed by atoms with E-state index in [0.29, 0.717) is 0 Å². The van der Waals surface area contributed by atoms with E-state index in [4.69, 9.17) is 0 Å². The van der Waals surface area contributed by atoms with Crippen molar-refractivity contribution in [3.63, 3.8) is 0 Å². The van der Waals surface area contributed by atoms with Crippen molar-refractivity contribution in [2.24, 2.45) is 0 Å². The molecule has 0 fully saturated rings. The van der Waals surface area contributed by atoms with Gasteiger partial charge in [0, 0.05) is 6.54 Å². The van der Waals surface area contributed by atoms with Gasteiger partial charge in [0.1, 0.15) is 17.2 Å². The summed E-state index contributed by atoms with van der Waals surface area (Å²) in [6, 6.07) is 2.42. The predicted molar refractivity (Wildman–Crippen MR) is 71.0 cm³/mol. The minimum Gasteiger partial charge on any atom is -0.300 e. The topological polar surface area (TPSA) is 66.5 Å². The van der Waals surface area contributed by atoms with Crippen LogP contribution in [0.25, 0.3) is 0 Å². The average molecular weight is 249 g/mol. The molecule has 0 radical (unpaired) electrons. The molecule has 0 aromatic carbocycles. The van der Waals surface area contributed by atoms with Gasteiger partial charge in [-0.2, -0.15) is 10.4 Å². The second kappa shape index (κ2) is 6.50. The van der Waals surface area contributed by atoms with Crippen molar-refractivity contribution in [2.75, 3.05) is 6.54 Å². The van der Waals surface area contributed by atoms with Gasteiger partial charge in [-0.15, -0.1) is 0 Å². The van der Waals surface area contributed by atoms with Gasteiger partial charge in [0.2, 0.25) is 0 Å². The molecule has 1 heterocycles. The SMILES string of the molecule is CCNC(C#N)(CC)CCCn1nc(C)nc1C. The van der Waals surface area contributed by atoms with E-state index < -0.39 is 5.54 Å². The number of hydrogen-bond donors (Lipinski definition) is 1. The molecule has 0 aliphatic rings. The van der Waals surface area contributed by atoms with Gasteiger partial charge in [-0.1, -0.05) is 13.8 Å². The summed E-state index contributed by atoms with van der Waals surface area (Å²) in [5.74, 6) is 1.75. The highest BCUT2D eigenvalue weighted by molar-refractivity contribution is 5.05. The van der Waals surface area contributed by atoms with Gasteiger partial charge in [-0.25, -0.2) is 4.98 Å². The zero-order valence-electron chi connectivity index (χ0n) is 11.8. The van der Waals surface area contributed by atoms with Crippen molar-refractivity contribution in [1.82, 2.24) is 20.1 Å². The Bertz CT molecular complexity index is 418. The van der Waals surface area contributed by atoms with E-state index in [2.05, 4.69) is 28.4 Å². The number of nitriles is 1. The van der Waals surface area contributed by atoms with Crippen LogP contribution in [0.4, 0.5) is 0 Å². The van der Waals surface area contributed by atoms with Crippen LogP contribution in [-0.4, -0.2) is 26.8 Å². The molecule has 5 nitrogen and oxygen atoms in total. The van der Waals surface area contributed by atoms with Crippen LogP contribution in [0.3, 0.4) is 0 Å². The molecule has 0 saturated heterocycles. The van der Waals surface area contributed by atoms with Crippen LogP contribution in [0, 0.1) is 25.2 Å². The van der Waals surface area contributed by atoms with Crippen LogP contribution >= 0.6 is 0 Å². The molecule has 0 amide bonds. The zero-order valence-corrected chi connectivity index (χ0v) is 11.8. The van der Waals surface area contributed by atoms with Crippen molar-refractivity contribution in [3.8, 4) is 6.07 Å². The van der Waals surface area contributed by atoms with E-state index in [1.54, 1.807) is 0 Å². The molecule has 0 aliphatic carbocycles. The molecule has 0 bridgehead atoms. The molecule has 1 unspecified atom stereocenters. The van der Waals surface area contributed by atoms with E-state index in [9.17, 15) is 5.26 Å². The van der Waals surface area contributed by atoms with Gasteiger partial charge in [-0.3, -0.25) is 10.00 Å². The first-order valence-corrected chi connectivity index (χ1v) is 6.61. The fraction of sp³-hybridized carbons (Fsp3) is 0.769. The van der Waals surface area contributed by atoms with Crippen molar-refractivity contribution < 1.29 is 0 Å². The van der Waals surface area contributed by atoms with E-state index in [-0.39, 0.29) is 0 Å². The van der Waals surface area contributed by atoms with Crippen molar-refractivity contribution in [2.45, 2.75) is 59.0 Å². The first-order chi connectivity index (χ1) is 8.56. The van der Waals surface area contributed by atoms with Gasteiger partial charge in [0.15, 0.2) is 0 Å². The maximum absolute atomic E-state index is 9.32. The van der Waals surface area contributed by atoms with Crippen LogP contribution in [0.15, 0.2) is 0 Å². The lowest BCUT2D eigenvalue weighted by molar-refractivity contribution is 0.357. The molecule has 1 aromatic rings. The summed E-state index contributed by atoms with van der Waals surface area (Å²) in [7, 11) is 0. The average Bonchev–Trinajstić information content (AvgIpc) is 2.67. The molecule has 1 rings (SSSR count). The summed E-state index contributed by atoms with van der Waals surface area (Å²) in [5, 5.41) is 16.9. The summed E-state index contributed by atoms with van der Waals surface area (Å²) in [6.45, 7) is 9.59. The largest absolute Gasteiger partial charge is 0.300 e. The van der Waals surface area contributed by atoms with Crippen LogP contribution < -0.4 is 5.32 Å². The van der Waals surface area contributed by atoms with Crippen LogP contribution in [0.2, 0.25) is 0 Å². The Morgan fingerprint density at radius 2 is 2.11 bits per heavy atom. The molecule has 100 valence electrons. The summed E-state index contributed by atoms with van der Waals surface area (Å²) in [5.41, 5.74) is -0.391. The number of rotatable bonds is 7. The van der Waals surface area contributed by atoms with Crippen molar-refractivity contribution in [1.29, 1.82) is 5.26 Å². The van der Waals surface area contributed by atoms with Gasteiger partial charge in [0.05, 0.1) is 6.07 Å². The highest BCUT2D eigenvalue weighted by Gasteiger charge is 2.25. The molecular formula is C13H23N5. The predicted octanol–water partition coefficient (Wildman–Crippen LogP) is 1.96. The fourth-order valence-electron chi connectivity index (χ4n) is 2.21. The normalized spacial score (nSPS) is 14.2. The highest BCUT2D eigenvalue weighted by Crippen LogP contribution is 2.17. The Morgan fingerprint density at radius 1 is 1.39 bits per heavy atom. The number of hydrogen-bond acceptors (Lipinski definition) is 4. The first-order valence-electron chi connectivity index (χ1n) is 6.61. The third-order valence-electron chi connectivity index (χ3n) is 3.27. The van der Waals surface area contributed by atoms with Crippen molar-refractivity contribution in [3.05, 3.63) is 11.6 Å². The quantitative estimate of drug-likeness (QED) is 0.802. The van der Waals surface area contributed by atoms with Gasteiger partial charge in [0.25, 0.3) is 0 Å². The second-order valence-electron chi connectivity index (χ2n) is 4.61. The standard InChI is InChI=1S/C13H23N5/c1-5-13(10-14,15-6-2)8-7-9-18-12(4)16-11(3)17-18/h15H,5-9H2,1-4H3. The van der Waals surface area contributed by atoms with E-state index >= 15 is 0 Å². The maximum Gasteiger partial charge on any atom is 0.147 e. The second-order valence-corrected chi connectivity index (χ2v) is 4.61. The fourth-order valence-corrected chi connectivity index (χ4v) is 2.21. The third-order valence-corrected chi connectivity index (χ3v) is 3.27. The van der Waals surface area contributed by atoms with E-state index in [1.165, 1.54) is 0 Å². The Morgan fingerprint density at radius 3 is 2.56 bits per heavy atom. The molecule has 0 aliphatic heterocycles. The van der Waals surface area contributed by atoms with E-state index in [1.807, 2.05) is 25.5 Å². The van der Waals surface area contributed by atoms with Crippen molar-refractivity contribution >= 4 is 0 Å². The summed E-state index contributed by atoms with van der Waals surface area (Å²) in [4.78, 5) is 4.27. The Labute approximate surface area is 109 Å². The molecular weight excluding hydrogens is 226 g/mol. The molecule has 0 spiro atoms. The number of aromatic nitrogens is 3. The highest BCUT2D eigenvalue weighted by atomic mass is 15.3. The first kappa shape index (κ1) is 14.7. The smallest absolute Gasteiger partial charge is 0.147 e. The summed E-state index contributed by atoms with van der Waals surface area (Å²) < 4.78 is 1.92. The molecule has 5 heteroatoms. The molecule has 1 aromatic heterocycles.